The maximum atomic E-state index is 10.5. The lowest BCUT2D eigenvalue weighted by Gasteiger charge is -2.00. The van der Waals surface area contributed by atoms with E-state index in [1.165, 1.54) is 36.5 Å². The molecule has 82 valence electrons. The Morgan fingerprint density at radius 2 is 2.31 bits per heavy atom. The summed E-state index contributed by atoms with van der Waals surface area (Å²) in [6.07, 6.45) is 4.21. The first kappa shape index (κ1) is 10.6. The van der Waals surface area contributed by atoms with Crippen LogP contribution in [0.4, 0.5) is 5.69 Å². The van der Waals surface area contributed by atoms with Crippen molar-refractivity contribution < 1.29 is 9.34 Å². The molecule has 0 amide bonds. The molecule has 0 aromatic carbocycles. The van der Waals surface area contributed by atoms with E-state index in [0.29, 0.717) is 10.2 Å². The van der Waals surface area contributed by atoms with Gasteiger partial charge in [-0.25, -0.2) is 9.97 Å². The zero-order chi connectivity index (χ0) is 11.5. The van der Waals surface area contributed by atoms with Crippen LogP contribution in [-0.4, -0.2) is 14.9 Å². The second-order valence-corrected chi connectivity index (χ2v) is 3.91. The summed E-state index contributed by atoms with van der Waals surface area (Å²) >= 11 is 1.23. The van der Waals surface area contributed by atoms with Gasteiger partial charge in [-0.05, 0) is 24.2 Å². The van der Waals surface area contributed by atoms with Gasteiger partial charge in [0.15, 0.2) is 0 Å². The molecular formula is C9H7N3O3S. The van der Waals surface area contributed by atoms with Crippen LogP contribution in [0.2, 0.25) is 0 Å². The third-order valence-electron chi connectivity index (χ3n) is 1.82. The fourth-order valence-electron chi connectivity index (χ4n) is 1.10. The molecule has 0 atom stereocenters. The largest absolute Gasteiger partial charge is 0.440 e. The highest BCUT2D eigenvalue weighted by Crippen LogP contribution is 2.28. The molecule has 0 saturated carbocycles. The average molecular weight is 237 g/mol. The van der Waals surface area contributed by atoms with E-state index in [2.05, 4.69) is 9.97 Å². The minimum atomic E-state index is -0.473. The maximum Gasteiger partial charge on any atom is 0.287 e. The van der Waals surface area contributed by atoms with E-state index in [0.717, 1.165) is 5.56 Å². The van der Waals surface area contributed by atoms with Crippen LogP contribution in [-0.2, 0) is 0 Å². The van der Waals surface area contributed by atoms with Crippen LogP contribution < -0.4 is 0 Å². The summed E-state index contributed by atoms with van der Waals surface area (Å²) in [5, 5.41) is 11.6. The van der Waals surface area contributed by atoms with Gasteiger partial charge in [0, 0.05) is 6.07 Å². The average Bonchev–Trinajstić information content (AvgIpc) is 2.73. The molecule has 0 radical (unpaired) electrons. The first-order chi connectivity index (χ1) is 7.66. The van der Waals surface area contributed by atoms with Crippen LogP contribution in [0.5, 0.6) is 0 Å². The molecule has 0 aliphatic carbocycles. The zero-order valence-corrected chi connectivity index (χ0v) is 9.10. The number of hydrogen-bond acceptors (Lipinski definition) is 6. The molecule has 16 heavy (non-hydrogen) atoms. The summed E-state index contributed by atoms with van der Waals surface area (Å²) in [4.78, 5) is 18.0. The number of nitro groups is 1. The van der Waals surface area contributed by atoms with E-state index < -0.39 is 4.92 Å². The number of aromatic nitrogens is 2. The van der Waals surface area contributed by atoms with Crippen molar-refractivity contribution in [2.45, 2.75) is 17.2 Å². The topological polar surface area (TPSA) is 82.1 Å². The zero-order valence-electron chi connectivity index (χ0n) is 8.28. The van der Waals surface area contributed by atoms with Crippen molar-refractivity contribution in [3.05, 3.63) is 40.4 Å². The lowest BCUT2D eigenvalue weighted by molar-refractivity contribution is -0.385. The van der Waals surface area contributed by atoms with Gasteiger partial charge in [-0.1, -0.05) is 0 Å². The summed E-state index contributed by atoms with van der Waals surface area (Å²) in [6.45, 7) is 1.76. The Kier molecular flexibility index (Phi) is 2.86. The van der Waals surface area contributed by atoms with Gasteiger partial charge in [-0.15, -0.1) is 0 Å². The summed E-state index contributed by atoms with van der Waals surface area (Å²) < 4.78 is 5.05. The van der Waals surface area contributed by atoms with Crippen molar-refractivity contribution in [2.75, 3.05) is 0 Å². The van der Waals surface area contributed by atoms with E-state index in [1.807, 2.05) is 0 Å². The standard InChI is InChI=1S/C9H7N3O3S/c1-6-4-7(12(13)14)5-11-8(6)16-9-10-2-3-15-9/h2-5H,1H3. The van der Waals surface area contributed by atoms with E-state index in [-0.39, 0.29) is 5.69 Å². The Hall–Kier alpha value is -1.89. The monoisotopic (exact) mass is 237 g/mol. The Morgan fingerprint density at radius 1 is 1.50 bits per heavy atom. The third-order valence-corrected chi connectivity index (χ3v) is 2.82. The molecule has 7 heteroatoms. The van der Waals surface area contributed by atoms with E-state index >= 15 is 0 Å². The highest BCUT2D eigenvalue weighted by Gasteiger charge is 2.11. The third kappa shape index (κ3) is 2.19. The second kappa shape index (κ2) is 4.31. The minimum absolute atomic E-state index is 0.0192. The fourth-order valence-corrected chi connectivity index (χ4v) is 1.81. The molecule has 2 aromatic heterocycles. The molecule has 0 spiro atoms. The summed E-state index contributed by atoms with van der Waals surface area (Å²) in [6, 6.07) is 1.47. The molecule has 6 nitrogen and oxygen atoms in total. The molecule has 0 N–H and O–H groups in total. The fraction of sp³-hybridized carbons (Fsp3) is 0.111. The van der Waals surface area contributed by atoms with Gasteiger partial charge >= 0.3 is 0 Å². The predicted molar refractivity (Wildman–Crippen MR) is 56.3 cm³/mol. The van der Waals surface area contributed by atoms with Crippen molar-refractivity contribution in [2.24, 2.45) is 0 Å². The minimum Gasteiger partial charge on any atom is -0.440 e. The van der Waals surface area contributed by atoms with Crippen LogP contribution in [0.3, 0.4) is 0 Å². The SMILES string of the molecule is Cc1cc([N+](=O)[O-])cnc1Sc1ncco1. The molecule has 0 fully saturated rings. The predicted octanol–water partition coefficient (Wildman–Crippen LogP) is 2.44. The Labute approximate surface area is 94.9 Å². The number of pyridine rings is 1. The number of aryl methyl sites for hydroxylation is 1. The van der Waals surface area contributed by atoms with Gasteiger partial charge in [0.1, 0.15) is 17.5 Å². The molecule has 0 aliphatic heterocycles. The molecule has 2 rings (SSSR count). The first-order valence-electron chi connectivity index (χ1n) is 4.35. The summed E-state index contributed by atoms with van der Waals surface area (Å²) in [5.41, 5.74) is 0.701. The maximum absolute atomic E-state index is 10.5. The van der Waals surface area contributed by atoms with Gasteiger partial charge in [0.2, 0.25) is 0 Å². The molecule has 0 saturated heterocycles. The first-order valence-corrected chi connectivity index (χ1v) is 5.17. The molecule has 0 aliphatic rings. The molecule has 2 heterocycles. The number of nitrogens with zero attached hydrogens (tertiary/aromatic N) is 3. The van der Waals surface area contributed by atoms with Gasteiger partial charge in [0.05, 0.1) is 11.1 Å². The number of oxazole rings is 1. The Bertz CT molecular complexity index is 513. The van der Waals surface area contributed by atoms with Crippen molar-refractivity contribution in [1.29, 1.82) is 0 Å². The second-order valence-electron chi connectivity index (χ2n) is 2.97. The van der Waals surface area contributed by atoms with Crippen LogP contribution in [0.25, 0.3) is 0 Å². The molecule has 0 unspecified atom stereocenters. The van der Waals surface area contributed by atoms with E-state index in [4.69, 9.17) is 4.42 Å². The van der Waals surface area contributed by atoms with Crippen LogP contribution in [0, 0.1) is 17.0 Å². The van der Waals surface area contributed by atoms with Crippen molar-refractivity contribution in [1.82, 2.24) is 9.97 Å². The van der Waals surface area contributed by atoms with Crippen molar-refractivity contribution >= 4 is 17.4 Å². The lowest BCUT2D eigenvalue weighted by atomic mass is 10.3. The molecule has 2 aromatic rings. The molecule has 0 bridgehead atoms. The van der Waals surface area contributed by atoms with Crippen molar-refractivity contribution in [3.8, 4) is 0 Å². The van der Waals surface area contributed by atoms with E-state index in [1.54, 1.807) is 6.92 Å². The van der Waals surface area contributed by atoms with Gasteiger partial charge in [-0.2, -0.15) is 0 Å². The van der Waals surface area contributed by atoms with Crippen molar-refractivity contribution in [3.63, 3.8) is 0 Å². The normalized spacial score (nSPS) is 10.3. The summed E-state index contributed by atoms with van der Waals surface area (Å²) in [5.74, 6) is 0. The Morgan fingerprint density at radius 3 is 2.88 bits per heavy atom. The number of hydrogen-bond donors (Lipinski definition) is 0. The van der Waals surface area contributed by atoms with Gasteiger partial charge in [0.25, 0.3) is 10.9 Å². The van der Waals surface area contributed by atoms with Crippen LogP contribution in [0.15, 0.2) is 39.4 Å². The highest BCUT2D eigenvalue weighted by molar-refractivity contribution is 7.99. The van der Waals surface area contributed by atoms with Crippen LogP contribution >= 0.6 is 11.8 Å². The quantitative estimate of drug-likeness (QED) is 0.602. The number of rotatable bonds is 3. The van der Waals surface area contributed by atoms with E-state index in [9.17, 15) is 10.1 Å². The highest BCUT2D eigenvalue weighted by atomic mass is 32.2. The summed E-state index contributed by atoms with van der Waals surface area (Å²) in [7, 11) is 0. The smallest absolute Gasteiger partial charge is 0.287 e. The van der Waals surface area contributed by atoms with Crippen LogP contribution in [0.1, 0.15) is 5.56 Å². The van der Waals surface area contributed by atoms with Gasteiger partial charge < -0.3 is 4.42 Å². The molecular weight excluding hydrogens is 230 g/mol. The Balaban J connectivity index is 2.26. The van der Waals surface area contributed by atoms with Gasteiger partial charge in [-0.3, -0.25) is 10.1 Å². The lowest BCUT2D eigenvalue weighted by Crippen LogP contribution is -1.92.